The first-order valence-corrected chi connectivity index (χ1v) is 6.68. The van der Waals surface area contributed by atoms with E-state index in [4.69, 9.17) is 0 Å². The number of carbonyl (C=O) groups is 2. The first-order valence-electron chi connectivity index (χ1n) is 6.68. The quantitative estimate of drug-likeness (QED) is 0.789. The second-order valence-corrected chi connectivity index (χ2v) is 4.69. The lowest BCUT2D eigenvalue weighted by Crippen LogP contribution is -2.43. The molecule has 0 aliphatic carbocycles. The van der Waals surface area contributed by atoms with Gasteiger partial charge in [0.2, 0.25) is 5.91 Å². The van der Waals surface area contributed by atoms with Crippen molar-refractivity contribution in [2.24, 2.45) is 0 Å². The molecule has 2 rings (SSSR count). The Morgan fingerprint density at radius 3 is 2.65 bits per heavy atom. The maximum atomic E-state index is 12.1. The van der Waals surface area contributed by atoms with Crippen LogP contribution in [0.1, 0.15) is 19.3 Å². The molecule has 1 aromatic rings. The minimum atomic E-state index is -0.539. The van der Waals surface area contributed by atoms with Gasteiger partial charge in [0, 0.05) is 11.4 Å². The summed E-state index contributed by atoms with van der Waals surface area (Å²) >= 11 is 0. The predicted octanol–water partition coefficient (Wildman–Crippen LogP) is 1.95. The van der Waals surface area contributed by atoms with Crippen LogP contribution in [0.3, 0.4) is 0 Å². The fourth-order valence-corrected chi connectivity index (χ4v) is 2.15. The van der Waals surface area contributed by atoms with Crippen LogP contribution in [0, 0.1) is 0 Å². The lowest BCUT2D eigenvalue weighted by atomic mass is 10.0. The molecular weight excluding hydrogens is 258 g/mol. The first kappa shape index (κ1) is 14.3. The molecule has 6 heteroatoms. The van der Waals surface area contributed by atoms with Crippen molar-refractivity contribution in [3.8, 4) is 0 Å². The van der Waals surface area contributed by atoms with E-state index >= 15 is 0 Å². The van der Waals surface area contributed by atoms with Crippen LogP contribution in [-0.4, -0.2) is 31.7 Å². The Morgan fingerprint density at radius 1 is 1.25 bits per heavy atom. The molecule has 1 aliphatic rings. The fraction of sp³-hybridized carbons (Fsp3) is 0.429. The van der Waals surface area contributed by atoms with Crippen molar-refractivity contribution in [2.45, 2.75) is 25.3 Å². The normalized spacial score (nSPS) is 18.1. The van der Waals surface area contributed by atoms with E-state index < -0.39 is 6.09 Å². The van der Waals surface area contributed by atoms with Crippen LogP contribution in [0.15, 0.2) is 24.3 Å². The number of ether oxygens (including phenoxy) is 1. The van der Waals surface area contributed by atoms with Crippen molar-refractivity contribution in [1.29, 1.82) is 0 Å². The van der Waals surface area contributed by atoms with Crippen molar-refractivity contribution in [3.05, 3.63) is 24.3 Å². The molecule has 0 bridgehead atoms. The Kier molecular flexibility index (Phi) is 4.95. The third-order valence-corrected chi connectivity index (χ3v) is 3.19. The van der Waals surface area contributed by atoms with Gasteiger partial charge in [-0.3, -0.25) is 10.1 Å². The van der Waals surface area contributed by atoms with Gasteiger partial charge in [-0.25, -0.2) is 4.79 Å². The molecule has 20 heavy (non-hydrogen) atoms. The van der Waals surface area contributed by atoms with Gasteiger partial charge in [0.1, 0.15) is 0 Å². The van der Waals surface area contributed by atoms with Crippen LogP contribution in [0.4, 0.5) is 16.2 Å². The van der Waals surface area contributed by atoms with E-state index in [0.717, 1.165) is 25.8 Å². The van der Waals surface area contributed by atoms with E-state index in [9.17, 15) is 9.59 Å². The zero-order valence-corrected chi connectivity index (χ0v) is 11.4. The molecule has 1 atom stereocenters. The lowest BCUT2D eigenvalue weighted by Gasteiger charge is -2.22. The minimum absolute atomic E-state index is 0.0417. The summed E-state index contributed by atoms with van der Waals surface area (Å²) in [5, 5.41) is 8.60. The van der Waals surface area contributed by atoms with Crippen LogP contribution < -0.4 is 16.0 Å². The van der Waals surface area contributed by atoms with E-state index in [0.29, 0.717) is 11.4 Å². The first-order chi connectivity index (χ1) is 9.69. The maximum Gasteiger partial charge on any atom is 0.411 e. The Labute approximate surface area is 117 Å². The molecule has 0 saturated carbocycles. The number of hydrogen-bond acceptors (Lipinski definition) is 4. The molecule has 1 fully saturated rings. The summed E-state index contributed by atoms with van der Waals surface area (Å²) in [5.74, 6) is -0.0417. The highest BCUT2D eigenvalue weighted by Crippen LogP contribution is 2.16. The van der Waals surface area contributed by atoms with E-state index in [1.165, 1.54) is 7.11 Å². The number of carbonyl (C=O) groups excluding carboxylic acids is 2. The molecule has 3 N–H and O–H groups in total. The van der Waals surface area contributed by atoms with Gasteiger partial charge in [-0.1, -0.05) is 12.5 Å². The van der Waals surface area contributed by atoms with Gasteiger partial charge in [0.25, 0.3) is 0 Å². The van der Waals surface area contributed by atoms with Crippen LogP contribution in [0.5, 0.6) is 0 Å². The van der Waals surface area contributed by atoms with Crippen LogP contribution in [0.2, 0.25) is 0 Å². The van der Waals surface area contributed by atoms with Crippen molar-refractivity contribution < 1.29 is 14.3 Å². The van der Waals surface area contributed by atoms with Gasteiger partial charge < -0.3 is 15.4 Å². The Morgan fingerprint density at radius 2 is 2.00 bits per heavy atom. The van der Waals surface area contributed by atoms with Gasteiger partial charge in [0.05, 0.1) is 13.2 Å². The molecule has 0 spiro atoms. The second kappa shape index (κ2) is 6.91. The van der Waals surface area contributed by atoms with Gasteiger partial charge in [-0.15, -0.1) is 0 Å². The molecule has 1 heterocycles. The molecule has 1 saturated heterocycles. The number of nitrogens with one attached hydrogen (secondary N) is 3. The average Bonchev–Trinajstić information content (AvgIpc) is 2.48. The van der Waals surface area contributed by atoms with Gasteiger partial charge >= 0.3 is 6.09 Å². The minimum Gasteiger partial charge on any atom is -0.453 e. The largest absolute Gasteiger partial charge is 0.453 e. The van der Waals surface area contributed by atoms with Crippen molar-refractivity contribution in [2.75, 3.05) is 24.3 Å². The lowest BCUT2D eigenvalue weighted by molar-refractivity contribution is -0.118. The maximum absolute atomic E-state index is 12.1. The van der Waals surface area contributed by atoms with Gasteiger partial charge in [-0.05, 0) is 37.6 Å². The number of benzene rings is 1. The number of methoxy groups -OCH3 is 1. The second-order valence-electron chi connectivity index (χ2n) is 4.69. The molecule has 1 aromatic carbocycles. The number of hydrogen-bond donors (Lipinski definition) is 3. The third kappa shape index (κ3) is 3.96. The molecule has 2 amide bonds. The van der Waals surface area contributed by atoms with Crippen LogP contribution in [0.25, 0.3) is 0 Å². The van der Waals surface area contributed by atoms with E-state index in [2.05, 4.69) is 20.7 Å². The highest BCUT2D eigenvalue weighted by atomic mass is 16.5. The van der Waals surface area contributed by atoms with E-state index in [1.807, 2.05) is 0 Å². The SMILES string of the molecule is COC(=O)Nc1cccc(NC(=O)[C@@H]2CCCCN2)c1. The average molecular weight is 277 g/mol. The number of anilines is 2. The summed E-state index contributed by atoms with van der Waals surface area (Å²) in [5.41, 5.74) is 1.22. The smallest absolute Gasteiger partial charge is 0.411 e. The summed E-state index contributed by atoms with van der Waals surface area (Å²) in [6.45, 7) is 0.877. The summed E-state index contributed by atoms with van der Waals surface area (Å²) in [4.78, 5) is 23.2. The molecule has 1 aliphatic heterocycles. The topological polar surface area (TPSA) is 79.5 Å². The Bertz CT molecular complexity index is 484. The van der Waals surface area contributed by atoms with E-state index in [-0.39, 0.29) is 11.9 Å². The van der Waals surface area contributed by atoms with Crippen LogP contribution in [-0.2, 0) is 9.53 Å². The van der Waals surface area contributed by atoms with Crippen LogP contribution >= 0.6 is 0 Å². The van der Waals surface area contributed by atoms with Gasteiger partial charge in [0.15, 0.2) is 0 Å². The standard InChI is InChI=1S/C14H19N3O3/c1-20-14(19)17-11-6-4-5-10(9-11)16-13(18)12-7-2-3-8-15-12/h4-6,9,12,15H,2-3,7-8H2,1H3,(H,16,18)(H,17,19)/t12-/m0/s1. The molecule has 0 unspecified atom stereocenters. The predicted molar refractivity (Wildman–Crippen MR) is 76.7 cm³/mol. The third-order valence-electron chi connectivity index (χ3n) is 3.19. The van der Waals surface area contributed by atoms with Crippen molar-refractivity contribution in [3.63, 3.8) is 0 Å². The highest BCUT2D eigenvalue weighted by molar-refractivity contribution is 5.95. The summed E-state index contributed by atoms with van der Waals surface area (Å²) < 4.78 is 4.52. The Balaban J connectivity index is 1.96. The van der Waals surface area contributed by atoms with Crippen molar-refractivity contribution >= 4 is 23.4 Å². The molecule has 6 nitrogen and oxygen atoms in total. The number of piperidine rings is 1. The monoisotopic (exact) mass is 277 g/mol. The molecule has 0 radical (unpaired) electrons. The Hall–Kier alpha value is -2.08. The summed E-state index contributed by atoms with van der Waals surface area (Å²) in [6, 6.07) is 6.82. The zero-order valence-electron chi connectivity index (χ0n) is 11.4. The fourth-order valence-electron chi connectivity index (χ4n) is 2.15. The number of amides is 2. The molecule has 108 valence electrons. The molecule has 0 aromatic heterocycles. The highest BCUT2D eigenvalue weighted by Gasteiger charge is 2.20. The van der Waals surface area contributed by atoms with E-state index in [1.54, 1.807) is 24.3 Å². The molecular formula is C14H19N3O3. The summed E-state index contributed by atoms with van der Waals surface area (Å²) in [6.07, 6.45) is 2.49. The van der Waals surface area contributed by atoms with Gasteiger partial charge in [-0.2, -0.15) is 0 Å². The number of rotatable bonds is 3. The van der Waals surface area contributed by atoms with Crippen molar-refractivity contribution in [1.82, 2.24) is 5.32 Å². The zero-order chi connectivity index (χ0) is 14.4. The summed E-state index contributed by atoms with van der Waals surface area (Å²) in [7, 11) is 1.30.